The second-order valence-electron chi connectivity index (χ2n) is 5.21. The first-order valence-electron chi connectivity index (χ1n) is 6.63. The first-order chi connectivity index (χ1) is 8.90. The van der Waals surface area contributed by atoms with Crippen molar-refractivity contribution in [2.45, 2.75) is 39.3 Å². The molecule has 0 spiro atoms. The highest BCUT2D eigenvalue weighted by Gasteiger charge is 2.12. The van der Waals surface area contributed by atoms with Crippen LogP contribution in [0.2, 0.25) is 0 Å². The fourth-order valence-corrected chi connectivity index (χ4v) is 1.63. The van der Waals surface area contributed by atoms with E-state index in [1.807, 2.05) is 45.0 Å². The van der Waals surface area contributed by atoms with E-state index >= 15 is 0 Å². The summed E-state index contributed by atoms with van der Waals surface area (Å²) in [6.45, 7) is 5.99. The van der Waals surface area contributed by atoms with E-state index in [2.05, 4.69) is 0 Å². The highest BCUT2D eigenvalue weighted by molar-refractivity contribution is 5.77. The monoisotopic (exact) mass is 264 g/mol. The summed E-state index contributed by atoms with van der Waals surface area (Å²) in [5, 5.41) is 0. The van der Waals surface area contributed by atoms with Crippen LogP contribution < -0.4 is 10.5 Å². The molecule has 19 heavy (non-hydrogen) atoms. The number of amides is 1. The summed E-state index contributed by atoms with van der Waals surface area (Å²) in [4.78, 5) is 13.4. The normalized spacial score (nSPS) is 12.3. The molecule has 0 aliphatic heterocycles. The molecule has 4 heteroatoms. The molecule has 0 saturated carbocycles. The van der Waals surface area contributed by atoms with Gasteiger partial charge < -0.3 is 15.4 Å². The molecule has 106 valence electrons. The summed E-state index contributed by atoms with van der Waals surface area (Å²) in [7, 11) is 1.78. The fourth-order valence-electron chi connectivity index (χ4n) is 1.63. The van der Waals surface area contributed by atoms with Gasteiger partial charge in [-0.15, -0.1) is 0 Å². The van der Waals surface area contributed by atoms with E-state index in [1.165, 1.54) is 5.56 Å². The van der Waals surface area contributed by atoms with E-state index in [-0.39, 0.29) is 24.6 Å². The summed E-state index contributed by atoms with van der Waals surface area (Å²) in [5.74, 6) is 0.689. The first kappa shape index (κ1) is 15.5. The molecule has 1 amide bonds. The van der Waals surface area contributed by atoms with Gasteiger partial charge in [-0.25, -0.2) is 0 Å². The van der Waals surface area contributed by atoms with Gasteiger partial charge in [-0.3, -0.25) is 4.79 Å². The number of carbonyl (C=O) groups excluding carboxylic acids is 1. The molecule has 0 aliphatic carbocycles. The summed E-state index contributed by atoms with van der Waals surface area (Å²) in [6, 6.07) is 8.04. The Hall–Kier alpha value is -1.55. The molecule has 1 rings (SSSR count). The largest absolute Gasteiger partial charge is 0.484 e. The Bertz CT molecular complexity index is 399. The Morgan fingerprint density at radius 3 is 2.32 bits per heavy atom. The van der Waals surface area contributed by atoms with Crippen LogP contribution in [0.15, 0.2) is 24.3 Å². The van der Waals surface area contributed by atoms with Gasteiger partial charge in [0.2, 0.25) is 0 Å². The quantitative estimate of drug-likeness (QED) is 0.852. The van der Waals surface area contributed by atoms with Gasteiger partial charge in [-0.2, -0.15) is 0 Å². The predicted octanol–water partition coefficient (Wildman–Crippen LogP) is 1.82. The minimum absolute atomic E-state index is 0.0188. The molecule has 0 fully saturated rings. The molecule has 0 aliphatic rings. The van der Waals surface area contributed by atoms with Crippen LogP contribution in [-0.4, -0.2) is 36.5 Å². The minimum atomic E-state index is -0.0188. The summed E-state index contributed by atoms with van der Waals surface area (Å²) >= 11 is 0. The lowest BCUT2D eigenvalue weighted by molar-refractivity contribution is -0.133. The summed E-state index contributed by atoms with van der Waals surface area (Å²) in [5.41, 5.74) is 6.92. The molecule has 1 aromatic rings. The van der Waals surface area contributed by atoms with Crippen LogP contribution in [0, 0.1) is 0 Å². The van der Waals surface area contributed by atoms with Crippen LogP contribution in [0.3, 0.4) is 0 Å². The lowest BCUT2D eigenvalue weighted by Gasteiger charge is -2.21. The number of nitrogens with zero attached hydrogens (tertiary/aromatic N) is 1. The predicted molar refractivity (Wildman–Crippen MR) is 77.2 cm³/mol. The number of nitrogens with two attached hydrogens (primary N) is 1. The van der Waals surface area contributed by atoms with Gasteiger partial charge >= 0.3 is 0 Å². The Kier molecular flexibility index (Phi) is 5.83. The van der Waals surface area contributed by atoms with Crippen LogP contribution in [-0.2, 0) is 11.2 Å². The maximum Gasteiger partial charge on any atom is 0.260 e. The van der Waals surface area contributed by atoms with Gasteiger partial charge in [-0.05, 0) is 44.9 Å². The molecule has 0 aromatic heterocycles. The van der Waals surface area contributed by atoms with Crippen molar-refractivity contribution in [1.29, 1.82) is 0 Å². The zero-order chi connectivity index (χ0) is 14.4. The van der Waals surface area contributed by atoms with Crippen molar-refractivity contribution in [3.05, 3.63) is 29.8 Å². The molecular formula is C15H24N2O2. The number of carbonyl (C=O) groups is 1. The molecule has 4 nitrogen and oxygen atoms in total. The number of likely N-dealkylation sites (N-methyl/N-ethyl adjacent to an activating group) is 1. The lowest BCUT2D eigenvalue weighted by atomic mass is 10.1. The maximum absolute atomic E-state index is 11.8. The summed E-state index contributed by atoms with van der Waals surface area (Å²) < 4.78 is 5.48. The standard InChI is InChI=1S/C15H24N2O2/c1-11(2)17(4)15(18)10-19-14-7-5-13(6-8-14)9-12(3)16/h5-8,11-12H,9-10,16H2,1-4H3. The fraction of sp³-hybridized carbons (Fsp3) is 0.533. The van der Waals surface area contributed by atoms with Gasteiger partial charge in [0.1, 0.15) is 5.75 Å². The smallest absolute Gasteiger partial charge is 0.260 e. The molecule has 0 heterocycles. The van der Waals surface area contributed by atoms with E-state index < -0.39 is 0 Å². The zero-order valence-electron chi connectivity index (χ0n) is 12.2. The highest BCUT2D eigenvalue weighted by atomic mass is 16.5. The maximum atomic E-state index is 11.8. The Morgan fingerprint density at radius 1 is 1.26 bits per heavy atom. The van der Waals surface area contributed by atoms with E-state index in [1.54, 1.807) is 11.9 Å². The Balaban J connectivity index is 2.48. The molecule has 0 radical (unpaired) electrons. The molecule has 0 bridgehead atoms. The van der Waals surface area contributed by atoms with Crippen molar-refractivity contribution in [2.75, 3.05) is 13.7 Å². The molecule has 1 aromatic carbocycles. The number of benzene rings is 1. The van der Waals surface area contributed by atoms with Crippen LogP contribution in [0.1, 0.15) is 26.3 Å². The average molecular weight is 264 g/mol. The van der Waals surface area contributed by atoms with Crippen molar-refractivity contribution in [1.82, 2.24) is 4.90 Å². The van der Waals surface area contributed by atoms with Crippen molar-refractivity contribution in [3.8, 4) is 5.75 Å². The van der Waals surface area contributed by atoms with Gasteiger partial charge in [-0.1, -0.05) is 12.1 Å². The van der Waals surface area contributed by atoms with Crippen LogP contribution in [0.25, 0.3) is 0 Å². The third-order valence-electron chi connectivity index (χ3n) is 3.01. The van der Waals surface area contributed by atoms with Crippen LogP contribution >= 0.6 is 0 Å². The minimum Gasteiger partial charge on any atom is -0.484 e. The first-order valence-corrected chi connectivity index (χ1v) is 6.63. The lowest BCUT2D eigenvalue weighted by Crippen LogP contribution is -2.36. The van der Waals surface area contributed by atoms with Gasteiger partial charge in [0.15, 0.2) is 6.61 Å². The van der Waals surface area contributed by atoms with Crippen molar-refractivity contribution >= 4 is 5.91 Å². The van der Waals surface area contributed by atoms with Crippen LogP contribution in [0.4, 0.5) is 0 Å². The van der Waals surface area contributed by atoms with Crippen molar-refractivity contribution < 1.29 is 9.53 Å². The molecule has 2 N–H and O–H groups in total. The van der Waals surface area contributed by atoms with Gasteiger partial charge in [0.05, 0.1) is 0 Å². The molecule has 1 atom stereocenters. The van der Waals surface area contributed by atoms with Crippen molar-refractivity contribution in [2.24, 2.45) is 5.73 Å². The van der Waals surface area contributed by atoms with Gasteiger partial charge in [0, 0.05) is 19.1 Å². The second kappa shape index (κ2) is 7.14. The van der Waals surface area contributed by atoms with E-state index in [4.69, 9.17) is 10.5 Å². The average Bonchev–Trinajstić information content (AvgIpc) is 2.35. The SMILES string of the molecule is CC(N)Cc1ccc(OCC(=O)N(C)C(C)C)cc1. The molecular weight excluding hydrogens is 240 g/mol. The van der Waals surface area contributed by atoms with Crippen LogP contribution in [0.5, 0.6) is 5.75 Å². The Morgan fingerprint density at radius 2 is 1.84 bits per heavy atom. The number of hydrogen-bond acceptors (Lipinski definition) is 3. The topological polar surface area (TPSA) is 55.6 Å². The second-order valence-corrected chi connectivity index (χ2v) is 5.21. The number of hydrogen-bond donors (Lipinski definition) is 1. The van der Waals surface area contributed by atoms with Crippen molar-refractivity contribution in [3.63, 3.8) is 0 Å². The van der Waals surface area contributed by atoms with E-state index in [9.17, 15) is 4.79 Å². The third-order valence-corrected chi connectivity index (χ3v) is 3.01. The molecule has 1 unspecified atom stereocenters. The zero-order valence-corrected chi connectivity index (χ0v) is 12.2. The molecule has 0 saturated heterocycles. The number of rotatable bonds is 6. The number of ether oxygens (including phenoxy) is 1. The summed E-state index contributed by atoms with van der Waals surface area (Å²) in [6.07, 6.45) is 0.843. The van der Waals surface area contributed by atoms with E-state index in [0.29, 0.717) is 5.75 Å². The highest BCUT2D eigenvalue weighted by Crippen LogP contribution is 2.13. The third kappa shape index (κ3) is 5.30. The Labute approximate surface area is 115 Å². The van der Waals surface area contributed by atoms with Gasteiger partial charge in [0.25, 0.3) is 5.91 Å². The van der Waals surface area contributed by atoms with E-state index in [0.717, 1.165) is 6.42 Å².